The van der Waals surface area contributed by atoms with Crippen LogP contribution in [0.1, 0.15) is 29.2 Å². The van der Waals surface area contributed by atoms with E-state index in [1.54, 1.807) is 31.2 Å². The predicted octanol–water partition coefficient (Wildman–Crippen LogP) is 4.90. The number of likely N-dealkylation sites (N-methyl/N-ethyl adjacent to an activating group) is 1. The minimum Gasteiger partial charge on any atom is -0.488 e. The number of amides is 1. The average Bonchev–Trinajstić information content (AvgIpc) is 2.60. The maximum Gasteiger partial charge on any atom is 0.419 e. The third-order valence-corrected chi connectivity index (χ3v) is 4.72. The number of carbonyl (C=O) groups excluding carboxylic acids is 1. The van der Waals surface area contributed by atoms with E-state index in [1.165, 1.54) is 13.1 Å². The molecule has 0 saturated heterocycles. The molecule has 2 rings (SSSR count). The normalized spacial score (nSPS) is 11.3. The number of benzene rings is 2. The van der Waals surface area contributed by atoms with Gasteiger partial charge in [0.1, 0.15) is 12.4 Å². The van der Waals surface area contributed by atoms with Gasteiger partial charge in [0.15, 0.2) is 0 Å². The fourth-order valence-electron chi connectivity index (χ4n) is 2.49. The third-order valence-electron chi connectivity index (χ3n) is 3.98. The SMILES string of the molecule is CCc1ccc(OCc2c(Br)cccc2CC(=O)NC)c(C(F)(F)F)c1. The molecule has 1 N–H and O–H groups in total. The maximum absolute atomic E-state index is 13.3. The van der Waals surface area contributed by atoms with E-state index in [0.29, 0.717) is 27.6 Å². The number of ether oxygens (including phenoxy) is 1. The van der Waals surface area contributed by atoms with Gasteiger partial charge in [0.05, 0.1) is 12.0 Å². The quantitative estimate of drug-likeness (QED) is 0.709. The van der Waals surface area contributed by atoms with Crippen LogP contribution < -0.4 is 10.1 Å². The summed E-state index contributed by atoms with van der Waals surface area (Å²) < 4.78 is 46.2. The molecule has 2 aromatic carbocycles. The second kappa shape index (κ2) is 8.58. The lowest BCUT2D eigenvalue weighted by molar-refractivity contribution is -0.139. The minimum atomic E-state index is -4.50. The van der Waals surface area contributed by atoms with Gasteiger partial charge in [-0.1, -0.05) is 41.1 Å². The van der Waals surface area contributed by atoms with Gasteiger partial charge in [-0.3, -0.25) is 4.79 Å². The Morgan fingerprint density at radius 3 is 2.58 bits per heavy atom. The van der Waals surface area contributed by atoms with Crippen molar-refractivity contribution in [2.75, 3.05) is 7.05 Å². The van der Waals surface area contributed by atoms with Crippen LogP contribution in [-0.2, 0) is 30.4 Å². The van der Waals surface area contributed by atoms with Crippen molar-refractivity contribution in [3.8, 4) is 5.75 Å². The van der Waals surface area contributed by atoms with Crippen molar-refractivity contribution in [2.45, 2.75) is 32.5 Å². The van der Waals surface area contributed by atoms with Gasteiger partial charge in [-0.15, -0.1) is 0 Å². The highest BCUT2D eigenvalue weighted by Gasteiger charge is 2.34. The molecule has 2 aromatic rings. The fourth-order valence-corrected chi connectivity index (χ4v) is 3.01. The molecule has 0 saturated carbocycles. The van der Waals surface area contributed by atoms with Gasteiger partial charge in [0.25, 0.3) is 0 Å². The number of nitrogens with one attached hydrogen (secondary N) is 1. The van der Waals surface area contributed by atoms with Gasteiger partial charge in [-0.2, -0.15) is 13.2 Å². The molecule has 0 aromatic heterocycles. The van der Waals surface area contributed by atoms with Crippen LogP contribution in [0.2, 0.25) is 0 Å². The van der Waals surface area contributed by atoms with Crippen LogP contribution >= 0.6 is 15.9 Å². The lowest BCUT2D eigenvalue weighted by atomic mass is 10.0. The number of rotatable bonds is 6. The lowest BCUT2D eigenvalue weighted by Gasteiger charge is -2.17. The van der Waals surface area contributed by atoms with Gasteiger partial charge >= 0.3 is 6.18 Å². The summed E-state index contributed by atoms with van der Waals surface area (Å²) >= 11 is 3.38. The first-order chi connectivity index (χ1) is 12.3. The Bertz CT molecular complexity index is 791. The maximum atomic E-state index is 13.3. The van der Waals surface area contributed by atoms with Crippen LogP contribution in [0.25, 0.3) is 0 Å². The van der Waals surface area contributed by atoms with Gasteiger partial charge in [0, 0.05) is 17.1 Å². The van der Waals surface area contributed by atoms with E-state index in [4.69, 9.17) is 4.74 Å². The number of halogens is 4. The first-order valence-corrected chi connectivity index (χ1v) is 8.85. The number of hydrogen-bond donors (Lipinski definition) is 1. The van der Waals surface area contributed by atoms with Crippen LogP contribution in [0.4, 0.5) is 13.2 Å². The molecule has 26 heavy (non-hydrogen) atoms. The molecule has 0 aliphatic heterocycles. The Labute approximate surface area is 158 Å². The summed E-state index contributed by atoms with van der Waals surface area (Å²) in [4.78, 5) is 11.7. The Morgan fingerprint density at radius 2 is 1.96 bits per heavy atom. The van der Waals surface area contributed by atoms with E-state index in [0.717, 1.165) is 6.07 Å². The largest absolute Gasteiger partial charge is 0.488 e. The van der Waals surface area contributed by atoms with Crippen molar-refractivity contribution in [1.82, 2.24) is 5.32 Å². The van der Waals surface area contributed by atoms with E-state index in [1.807, 2.05) is 0 Å². The molecule has 0 aliphatic rings. The van der Waals surface area contributed by atoms with E-state index >= 15 is 0 Å². The van der Waals surface area contributed by atoms with E-state index in [9.17, 15) is 18.0 Å². The Morgan fingerprint density at radius 1 is 1.23 bits per heavy atom. The standard InChI is InChI=1S/C19H19BrF3NO2/c1-3-12-7-8-17(15(9-12)19(21,22)23)26-11-14-13(10-18(25)24-2)5-4-6-16(14)20/h4-9H,3,10-11H2,1-2H3,(H,24,25). The monoisotopic (exact) mass is 429 g/mol. The summed E-state index contributed by atoms with van der Waals surface area (Å²) in [5.74, 6) is -0.413. The van der Waals surface area contributed by atoms with Crippen LogP contribution in [0.3, 0.4) is 0 Å². The Hall–Kier alpha value is -2.02. The topological polar surface area (TPSA) is 38.3 Å². The van der Waals surface area contributed by atoms with Crippen LogP contribution in [-0.4, -0.2) is 13.0 Å². The van der Waals surface area contributed by atoms with Gasteiger partial charge < -0.3 is 10.1 Å². The zero-order valence-corrected chi connectivity index (χ0v) is 16.0. The minimum absolute atomic E-state index is 0.0810. The predicted molar refractivity (Wildman–Crippen MR) is 97.1 cm³/mol. The number of carbonyl (C=O) groups is 1. The molecule has 0 radical (unpaired) electrons. The van der Waals surface area contributed by atoms with Gasteiger partial charge in [-0.05, 0) is 35.7 Å². The lowest BCUT2D eigenvalue weighted by Crippen LogP contribution is -2.21. The van der Waals surface area contributed by atoms with E-state index in [-0.39, 0.29) is 24.7 Å². The first kappa shape index (κ1) is 20.3. The third kappa shape index (κ3) is 5.00. The van der Waals surface area contributed by atoms with Crippen molar-refractivity contribution in [3.05, 3.63) is 63.1 Å². The molecule has 3 nitrogen and oxygen atoms in total. The van der Waals surface area contributed by atoms with Crippen molar-refractivity contribution < 1.29 is 22.7 Å². The molecular weight excluding hydrogens is 411 g/mol. The zero-order chi connectivity index (χ0) is 19.3. The van der Waals surface area contributed by atoms with Crippen molar-refractivity contribution in [2.24, 2.45) is 0 Å². The highest BCUT2D eigenvalue weighted by atomic mass is 79.9. The second-order valence-electron chi connectivity index (χ2n) is 5.70. The highest BCUT2D eigenvalue weighted by molar-refractivity contribution is 9.10. The first-order valence-electron chi connectivity index (χ1n) is 8.06. The molecule has 0 unspecified atom stereocenters. The van der Waals surface area contributed by atoms with Crippen LogP contribution in [0.15, 0.2) is 40.9 Å². The Kier molecular flexibility index (Phi) is 6.69. The fraction of sp³-hybridized carbons (Fsp3) is 0.316. The molecule has 7 heteroatoms. The molecular formula is C19H19BrF3NO2. The summed E-state index contributed by atoms with van der Waals surface area (Å²) in [6.07, 6.45) is -3.88. The van der Waals surface area contributed by atoms with Crippen molar-refractivity contribution in [3.63, 3.8) is 0 Å². The van der Waals surface area contributed by atoms with Crippen LogP contribution in [0, 0.1) is 0 Å². The molecule has 0 bridgehead atoms. The second-order valence-corrected chi connectivity index (χ2v) is 6.55. The van der Waals surface area contributed by atoms with Crippen LogP contribution in [0.5, 0.6) is 5.75 Å². The van der Waals surface area contributed by atoms with Gasteiger partial charge in [0.2, 0.25) is 5.91 Å². The summed E-state index contributed by atoms with van der Waals surface area (Å²) in [5.41, 5.74) is 1.13. The number of aryl methyl sites for hydroxylation is 1. The molecule has 0 heterocycles. The van der Waals surface area contributed by atoms with Gasteiger partial charge in [-0.25, -0.2) is 0 Å². The van der Waals surface area contributed by atoms with E-state index in [2.05, 4.69) is 21.2 Å². The molecule has 0 spiro atoms. The van der Waals surface area contributed by atoms with Crippen molar-refractivity contribution >= 4 is 21.8 Å². The summed E-state index contributed by atoms with van der Waals surface area (Å²) in [7, 11) is 1.53. The summed E-state index contributed by atoms with van der Waals surface area (Å²) in [5, 5.41) is 2.53. The average molecular weight is 430 g/mol. The molecule has 0 fully saturated rings. The molecule has 0 aliphatic carbocycles. The van der Waals surface area contributed by atoms with Crippen molar-refractivity contribution in [1.29, 1.82) is 0 Å². The molecule has 0 atom stereocenters. The molecule has 140 valence electrons. The zero-order valence-electron chi connectivity index (χ0n) is 14.4. The van der Waals surface area contributed by atoms with E-state index < -0.39 is 11.7 Å². The highest BCUT2D eigenvalue weighted by Crippen LogP contribution is 2.37. The molecule has 1 amide bonds. The number of alkyl halides is 3. The number of hydrogen-bond acceptors (Lipinski definition) is 2. The smallest absolute Gasteiger partial charge is 0.419 e. The summed E-state index contributed by atoms with van der Waals surface area (Å²) in [6.45, 7) is 1.71. The summed E-state index contributed by atoms with van der Waals surface area (Å²) in [6, 6.07) is 9.36. The Balaban J connectivity index is 2.31.